The van der Waals surface area contributed by atoms with Crippen LogP contribution < -0.4 is 5.32 Å². The molecule has 0 saturated heterocycles. The molecule has 130 valence electrons. The van der Waals surface area contributed by atoms with E-state index in [0.717, 1.165) is 21.8 Å². The summed E-state index contributed by atoms with van der Waals surface area (Å²) in [4.78, 5) is 16.8. The number of benzene rings is 2. The highest BCUT2D eigenvalue weighted by atomic mass is 32.2. The van der Waals surface area contributed by atoms with Gasteiger partial charge in [-0.15, -0.1) is 0 Å². The van der Waals surface area contributed by atoms with E-state index in [-0.39, 0.29) is 17.8 Å². The minimum atomic E-state index is -0.233. The fraction of sp³-hybridized carbons (Fsp3) is 0.263. The Labute approximate surface area is 150 Å². The number of hydrogen-bond donors (Lipinski definition) is 1. The van der Waals surface area contributed by atoms with Crippen LogP contribution in [0.5, 0.6) is 0 Å². The number of amides is 1. The maximum atomic E-state index is 13.0. The summed E-state index contributed by atoms with van der Waals surface area (Å²) >= 11 is 1.59. The Kier molecular flexibility index (Phi) is 5.08. The number of thioether (sulfide) groups is 1. The van der Waals surface area contributed by atoms with Crippen molar-refractivity contribution in [3.8, 4) is 0 Å². The van der Waals surface area contributed by atoms with E-state index in [1.165, 1.54) is 12.1 Å². The summed E-state index contributed by atoms with van der Waals surface area (Å²) in [5.41, 5.74) is 3.43. The number of fused-ring (bicyclic) bond motifs is 1. The molecule has 0 unspecified atom stereocenters. The first-order valence-corrected chi connectivity index (χ1v) is 9.07. The van der Waals surface area contributed by atoms with Gasteiger partial charge in [0.1, 0.15) is 5.82 Å². The summed E-state index contributed by atoms with van der Waals surface area (Å²) in [5, 5.41) is 3.76. The molecular weight excluding hydrogens is 337 g/mol. The van der Waals surface area contributed by atoms with Crippen molar-refractivity contribution < 1.29 is 9.18 Å². The Morgan fingerprint density at radius 2 is 1.96 bits per heavy atom. The summed E-state index contributed by atoms with van der Waals surface area (Å²) in [7, 11) is 1.94. The van der Waals surface area contributed by atoms with Crippen molar-refractivity contribution in [1.29, 1.82) is 0 Å². The standard InChI is InChI=1S/C19H20FN3OS/c1-12(2)21-18(24)14-6-9-16-17(10-14)23(3)19(22-16)25-11-13-4-7-15(20)8-5-13/h4-10,12H,11H2,1-3H3,(H,21,24). The smallest absolute Gasteiger partial charge is 0.251 e. The molecule has 0 radical (unpaired) electrons. The van der Waals surface area contributed by atoms with Gasteiger partial charge in [-0.3, -0.25) is 4.79 Å². The molecule has 0 aliphatic rings. The molecule has 2 aromatic carbocycles. The molecule has 1 N–H and O–H groups in total. The Hall–Kier alpha value is -2.34. The second-order valence-electron chi connectivity index (χ2n) is 6.20. The van der Waals surface area contributed by atoms with Gasteiger partial charge in [0.05, 0.1) is 11.0 Å². The minimum absolute atomic E-state index is 0.0846. The van der Waals surface area contributed by atoms with E-state index in [2.05, 4.69) is 10.3 Å². The maximum absolute atomic E-state index is 13.0. The number of carbonyl (C=O) groups is 1. The topological polar surface area (TPSA) is 46.9 Å². The third-order valence-electron chi connectivity index (χ3n) is 3.80. The Balaban J connectivity index is 1.81. The Bertz CT molecular complexity index is 903. The molecule has 4 nitrogen and oxygen atoms in total. The Morgan fingerprint density at radius 1 is 1.24 bits per heavy atom. The van der Waals surface area contributed by atoms with Gasteiger partial charge in [0.25, 0.3) is 5.91 Å². The summed E-state index contributed by atoms with van der Waals surface area (Å²) in [6.45, 7) is 3.87. The number of nitrogens with zero attached hydrogens (tertiary/aromatic N) is 2. The van der Waals surface area contributed by atoms with Crippen molar-refractivity contribution in [2.45, 2.75) is 30.8 Å². The lowest BCUT2D eigenvalue weighted by Crippen LogP contribution is -2.30. The molecule has 0 fully saturated rings. The number of aromatic nitrogens is 2. The Morgan fingerprint density at radius 3 is 2.64 bits per heavy atom. The lowest BCUT2D eigenvalue weighted by molar-refractivity contribution is 0.0943. The van der Waals surface area contributed by atoms with Crippen LogP contribution in [0.15, 0.2) is 47.6 Å². The number of carbonyl (C=O) groups excluding carboxylic acids is 1. The lowest BCUT2D eigenvalue weighted by atomic mass is 10.2. The van der Waals surface area contributed by atoms with Crippen LogP contribution in [0.1, 0.15) is 29.8 Å². The average molecular weight is 357 g/mol. The van der Waals surface area contributed by atoms with E-state index in [1.54, 1.807) is 30.0 Å². The van der Waals surface area contributed by atoms with Gasteiger partial charge < -0.3 is 9.88 Å². The normalized spacial score (nSPS) is 11.2. The van der Waals surface area contributed by atoms with Crippen molar-refractivity contribution in [3.63, 3.8) is 0 Å². The van der Waals surface area contributed by atoms with E-state index in [1.807, 2.05) is 37.6 Å². The van der Waals surface area contributed by atoms with Gasteiger partial charge in [-0.25, -0.2) is 9.37 Å². The molecule has 0 atom stereocenters. The number of aryl methyl sites for hydroxylation is 1. The van der Waals surface area contributed by atoms with Crippen LogP contribution in [0.2, 0.25) is 0 Å². The second kappa shape index (κ2) is 7.27. The number of imidazole rings is 1. The van der Waals surface area contributed by atoms with Crippen LogP contribution in [0.25, 0.3) is 11.0 Å². The SMILES string of the molecule is CC(C)NC(=O)c1ccc2nc(SCc3ccc(F)cc3)n(C)c2c1. The maximum Gasteiger partial charge on any atom is 0.251 e. The van der Waals surface area contributed by atoms with E-state index in [9.17, 15) is 9.18 Å². The highest BCUT2D eigenvalue weighted by Crippen LogP contribution is 2.26. The van der Waals surface area contributed by atoms with Crippen molar-refractivity contribution in [2.24, 2.45) is 7.05 Å². The molecule has 0 aliphatic carbocycles. The zero-order valence-corrected chi connectivity index (χ0v) is 15.2. The van der Waals surface area contributed by atoms with Crippen LogP contribution in [0.4, 0.5) is 4.39 Å². The van der Waals surface area contributed by atoms with Gasteiger partial charge in [-0.1, -0.05) is 23.9 Å². The summed E-state index contributed by atoms with van der Waals surface area (Å²) in [6.07, 6.45) is 0. The van der Waals surface area contributed by atoms with Crippen molar-refractivity contribution in [2.75, 3.05) is 0 Å². The minimum Gasteiger partial charge on any atom is -0.350 e. The van der Waals surface area contributed by atoms with Crippen LogP contribution in [0, 0.1) is 5.82 Å². The summed E-state index contributed by atoms with van der Waals surface area (Å²) in [5.74, 6) is 0.389. The number of rotatable bonds is 5. The summed E-state index contributed by atoms with van der Waals surface area (Å²) in [6, 6.07) is 12.1. The lowest BCUT2D eigenvalue weighted by Gasteiger charge is -2.08. The monoisotopic (exact) mass is 357 g/mol. The third-order valence-corrected chi connectivity index (χ3v) is 4.90. The zero-order valence-electron chi connectivity index (χ0n) is 14.4. The predicted molar refractivity (Wildman–Crippen MR) is 99.3 cm³/mol. The molecule has 6 heteroatoms. The molecule has 1 amide bonds. The van der Waals surface area contributed by atoms with Gasteiger partial charge in [0.2, 0.25) is 0 Å². The fourth-order valence-electron chi connectivity index (χ4n) is 2.51. The van der Waals surface area contributed by atoms with Crippen LogP contribution in [-0.2, 0) is 12.8 Å². The van der Waals surface area contributed by atoms with Gasteiger partial charge >= 0.3 is 0 Å². The number of halogens is 1. The first kappa shape index (κ1) is 17.5. The van der Waals surface area contributed by atoms with Gasteiger partial charge in [-0.2, -0.15) is 0 Å². The number of nitrogens with one attached hydrogen (secondary N) is 1. The van der Waals surface area contributed by atoms with Crippen molar-refractivity contribution in [1.82, 2.24) is 14.9 Å². The van der Waals surface area contributed by atoms with Crippen LogP contribution >= 0.6 is 11.8 Å². The van der Waals surface area contributed by atoms with Gasteiger partial charge in [0.15, 0.2) is 5.16 Å². The molecule has 0 spiro atoms. The number of hydrogen-bond acceptors (Lipinski definition) is 3. The molecule has 0 bridgehead atoms. The van der Waals surface area contributed by atoms with Crippen LogP contribution in [0.3, 0.4) is 0 Å². The molecular formula is C19H20FN3OS. The molecule has 0 saturated carbocycles. The molecule has 0 aliphatic heterocycles. The van der Waals surface area contributed by atoms with Gasteiger partial charge in [-0.05, 0) is 49.7 Å². The van der Waals surface area contributed by atoms with Gasteiger partial charge in [0, 0.05) is 24.4 Å². The quantitative estimate of drug-likeness (QED) is 0.698. The van der Waals surface area contributed by atoms with Crippen molar-refractivity contribution in [3.05, 3.63) is 59.4 Å². The van der Waals surface area contributed by atoms with E-state index < -0.39 is 0 Å². The molecule has 3 rings (SSSR count). The molecule has 25 heavy (non-hydrogen) atoms. The summed E-state index contributed by atoms with van der Waals surface area (Å²) < 4.78 is 15.0. The average Bonchev–Trinajstić information content (AvgIpc) is 2.89. The van der Waals surface area contributed by atoms with E-state index >= 15 is 0 Å². The largest absolute Gasteiger partial charge is 0.350 e. The highest BCUT2D eigenvalue weighted by molar-refractivity contribution is 7.98. The highest BCUT2D eigenvalue weighted by Gasteiger charge is 2.13. The predicted octanol–water partition coefficient (Wildman–Crippen LogP) is 4.14. The first-order chi connectivity index (χ1) is 11.9. The van der Waals surface area contributed by atoms with E-state index in [4.69, 9.17) is 0 Å². The molecule has 1 aromatic heterocycles. The first-order valence-electron chi connectivity index (χ1n) is 8.08. The second-order valence-corrected chi connectivity index (χ2v) is 7.14. The third kappa shape index (κ3) is 4.02. The van der Waals surface area contributed by atoms with E-state index in [0.29, 0.717) is 11.3 Å². The molecule has 3 aromatic rings. The van der Waals surface area contributed by atoms with Crippen molar-refractivity contribution >= 4 is 28.7 Å². The zero-order chi connectivity index (χ0) is 18.0. The molecule has 1 heterocycles. The van der Waals surface area contributed by atoms with Crippen LogP contribution in [-0.4, -0.2) is 21.5 Å². The fourth-order valence-corrected chi connectivity index (χ4v) is 3.46.